The molecule has 0 aliphatic carbocycles. The monoisotopic (exact) mass is 151 g/mol. The molecule has 0 radical (unpaired) electrons. The number of hydrogen-bond donors (Lipinski definition) is 0. The van der Waals surface area contributed by atoms with E-state index in [1.54, 1.807) is 19.2 Å². The van der Waals surface area contributed by atoms with E-state index in [9.17, 15) is 4.39 Å². The van der Waals surface area contributed by atoms with Crippen LogP contribution in [0.5, 0.6) is 0 Å². The fourth-order valence-electron chi connectivity index (χ4n) is 0.952. The van der Waals surface area contributed by atoms with Crippen molar-refractivity contribution in [3.63, 3.8) is 0 Å². The van der Waals surface area contributed by atoms with Gasteiger partial charge in [0, 0.05) is 0 Å². The second kappa shape index (κ2) is 2.02. The summed E-state index contributed by atoms with van der Waals surface area (Å²) in [6.07, 6.45) is 1.59. The zero-order chi connectivity index (χ0) is 7.84. The van der Waals surface area contributed by atoms with E-state index in [0.29, 0.717) is 11.3 Å². The summed E-state index contributed by atoms with van der Waals surface area (Å²) in [5, 5.41) is 3.87. The summed E-state index contributed by atoms with van der Waals surface area (Å²) in [7, 11) is 0. The third kappa shape index (κ3) is 0.869. The van der Waals surface area contributed by atoms with Crippen molar-refractivity contribution in [3.8, 4) is 0 Å². The van der Waals surface area contributed by atoms with E-state index in [1.807, 2.05) is 0 Å². The highest BCUT2D eigenvalue weighted by Crippen LogP contribution is 2.04. The molecular formula is C7H6FN3. The van der Waals surface area contributed by atoms with Crippen LogP contribution in [0.3, 0.4) is 0 Å². The number of hydrogen-bond acceptors (Lipinski definition) is 2. The second-order valence-electron chi connectivity index (χ2n) is 2.30. The largest absolute Gasteiger partial charge is 0.238 e. The van der Waals surface area contributed by atoms with Crippen LogP contribution in [0.1, 0.15) is 5.82 Å². The smallest absolute Gasteiger partial charge is 0.214 e. The molecular weight excluding hydrogens is 145 g/mol. The van der Waals surface area contributed by atoms with Crippen molar-refractivity contribution in [2.75, 3.05) is 0 Å². The van der Waals surface area contributed by atoms with Crippen LogP contribution in [-0.2, 0) is 0 Å². The van der Waals surface area contributed by atoms with Crippen molar-refractivity contribution in [2.45, 2.75) is 6.92 Å². The molecule has 0 saturated carbocycles. The Morgan fingerprint density at radius 2 is 2.27 bits per heavy atom. The van der Waals surface area contributed by atoms with E-state index < -0.39 is 0 Å². The van der Waals surface area contributed by atoms with E-state index in [4.69, 9.17) is 0 Å². The van der Waals surface area contributed by atoms with Gasteiger partial charge in [0.05, 0.1) is 11.7 Å². The van der Waals surface area contributed by atoms with Gasteiger partial charge in [-0.15, -0.1) is 0 Å². The number of nitrogens with zero attached hydrogens (tertiary/aromatic N) is 3. The maximum atomic E-state index is 12.8. The molecule has 0 aliphatic heterocycles. The SMILES string of the molecule is Cc1ncc2ccc(F)n2n1. The van der Waals surface area contributed by atoms with Gasteiger partial charge in [-0.2, -0.15) is 9.49 Å². The first-order valence-corrected chi connectivity index (χ1v) is 3.24. The topological polar surface area (TPSA) is 30.2 Å². The predicted octanol–water partition coefficient (Wildman–Crippen LogP) is 1.18. The predicted molar refractivity (Wildman–Crippen MR) is 37.7 cm³/mol. The number of aromatic nitrogens is 3. The normalized spacial score (nSPS) is 10.7. The fourth-order valence-corrected chi connectivity index (χ4v) is 0.952. The highest BCUT2D eigenvalue weighted by atomic mass is 19.1. The van der Waals surface area contributed by atoms with Crippen molar-refractivity contribution < 1.29 is 4.39 Å². The molecule has 56 valence electrons. The number of fused-ring (bicyclic) bond motifs is 1. The van der Waals surface area contributed by atoms with Gasteiger partial charge in [-0.1, -0.05) is 0 Å². The highest BCUT2D eigenvalue weighted by Gasteiger charge is 2.00. The molecule has 3 nitrogen and oxygen atoms in total. The Morgan fingerprint density at radius 3 is 3.09 bits per heavy atom. The molecule has 0 atom stereocenters. The lowest BCUT2D eigenvalue weighted by atomic mass is 10.5. The highest BCUT2D eigenvalue weighted by molar-refractivity contribution is 5.43. The Balaban J connectivity index is 2.87. The molecule has 11 heavy (non-hydrogen) atoms. The third-order valence-electron chi connectivity index (χ3n) is 1.47. The molecule has 0 fully saturated rings. The summed E-state index contributed by atoms with van der Waals surface area (Å²) in [6.45, 7) is 1.72. The Morgan fingerprint density at radius 1 is 1.45 bits per heavy atom. The molecule has 2 heterocycles. The molecule has 0 bridgehead atoms. The summed E-state index contributed by atoms with van der Waals surface area (Å²) in [5.74, 6) is 0.207. The number of rotatable bonds is 0. The summed E-state index contributed by atoms with van der Waals surface area (Å²) in [5.41, 5.74) is 0.674. The molecule has 4 heteroatoms. The molecule has 0 aromatic carbocycles. The first kappa shape index (κ1) is 6.27. The van der Waals surface area contributed by atoms with Gasteiger partial charge in [-0.05, 0) is 19.1 Å². The minimum absolute atomic E-state index is 0.356. The van der Waals surface area contributed by atoms with Gasteiger partial charge in [-0.25, -0.2) is 9.50 Å². The zero-order valence-corrected chi connectivity index (χ0v) is 5.95. The molecule has 0 saturated heterocycles. The molecule has 2 aromatic rings. The van der Waals surface area contributed by atoms with Gasteiger partial charge in [0.2, 0.25) is 5.95 Å². The van der Waals surface area contributed by atoms with Crippen LogP contribution in [0.25, 0.3) is 5.52 Å². The summed E-state index contributed by atoms with van der Waals surface area (Å²) in [6, 6.07) is 3.00. The molecule has 0 amide bonds. The van der Waals surface area contributed by atoms with Crippen molar-refractivity contribution in [1.29, 1.82) is 0 Å². The summed E-state index contributed by atoms with van der Waals surface area (Å²) >= 11 is 0. The van der Waals surface area contributed by atoms with Gasteiger partial charge in [0.15, 0.2) is 0 Å². The van der Waals surface area contributed by atoms with Gasteiger partial charge in [0.1, 0.15) is 5.82 Å². The van der Waals surface area contributed by atoms with Crippen molar-refractivity contribution >= 4 is 5.52 Å². The van der Waals surface area contributed by atoms with E-state index in [1.165, 1.54) is 10.6 Å². The van der Waals surface area contributed by atoms with Gasteiger partial charge < -0.3 is 0 Å². The molecule has 2 aromatic heterocycles. The lowest BCUT2D eigenvalue weighted by Crippen LogP contribution is -1.98. The van der Waals surface area contributed by atoms with E-state index in [-0.39, 0.29) is 5.95 Å². The Hall–Kier alpha value is -1.45. The van der Waals surface area contributed by atoms with Crippen LogP contribution in [-0.4, -0.2) is 14.6 Å². The molecule has 0 unspecified atom stereocenters. The van der Waals surface area contributed by atoms with Gasteiger partial charge >= 0.3 is 0 Å². The molecule has 0 N–H and O–H groups in total. The summed E-state index contributed by atoms with van der Waals surface area (Å²) in [4.78, 5) is 3.92. The maximum absolute atomic E-state index is 12.8. The number of aryl methyl sites for hydroxylation is 1. The lowest BCUT2D eigenvalue weighted by molar-refractivity contribution is 0.544. The quantitative estimate of drug-likeness (QED) is 0.565. The van der Waals surface area contributed by atoms with Crippen molar-refractivity contribution in [1.82, 2.24) is 14.6 Å². The van der Waals surface area contributed by atoms with Crippen LogP contribution < -0.4 is 0 Å². The van der Waals surface area contributed by atoms with E-state index in [0.717, 1.165) is 0 Å². The summed E-state index contributed by atoms with van der Waals surface area (Å²) < 4.78 is 14.0. The van der Waals surface area contributed by atoms with Crippen molar-refractivity contribution in [2.24, 2.45) is 0 Å². The maximum Gasteiger partial charge on any atom is 0.214 e. The zero-order valence-electron chi connectivity index (χ0n) is 5.95. The molecule has 0 spiro atoms. The van der Waals surface area contributed by atoms with Gasteiger partial charge in [0.25, 0.3) is 0 Å². The average Bonchev–Trinajstić information content (AvgIpc) is 2.33. The van der Waals surface area contributed by atoms with Crippen molar-refractivity contribution in [3.05, 3.63) is 30.1 Å². The van der Waals surface area contributed by atoms with E-state index >= 15 is 0 Å². The minimum Gasteiger partial charge on any atom is -0.238 e. The van der Waals surface area contributed by atoms with Crippen LogP contribution >= 0.6 is 0 Å². The van der Waals surface area contributed by atoms with Crippen LogP contribution in [0.15, 0.2) is 18.3 Å². The fraction of sp³-hybridized carbons (Fsp3) is 0.143. The minimum atomic E-state index is -0.356. The molecule has 0 aliphatic rings. The lowest BCUT2D eigenvalue weighted by Gasteiger charge is -1.93. The van der Waals surface area contributed by atoms with Crippen LogP contribution in [0.4, 0.5) is 4.39 Å². The van der Waals surface area contributed by atoms with Gasteiger partial charge in [-0.3, -0.25) is 0 Å². The third-order valence-corrected chi connectivity index (χ3v) is 1.47. The first-order chi connectivity index (χ1) is 5.27. The Kier molecular flexibility index (Phi) is 1.15. The second-order valence-corrected chi connectivity index (χ2v) is 2.30. The van der Waals surface area contributed by atoms with E-state index in [2.05, 4.69) is 10.1 Å². The standard InChI is InChI=1S/C7H6FN3/c1-5-9-4-6-2-3-7(8)11(6)10-5/h2-4H,1H3. The van der Waals surface area contributed by atoms with Crippen LogP contribution in [0, 0.1) is 12.9 Å². The average molecular weight is 151 g/mol. The first-order valence-electron chi connectivity index (χ1n) is 3.24. The van der Waals surface area contributed by atoms with Crippen LogP contribution in [0.2, 0.25) is 0 Å². The Bertz CT molecular complexity index is 393. The number of halogens is 1. The Labute approximate surface area is 62.5 Å². The molecule has 2 rings (SSSR count).